The molecule has 1 aliphatic heterocycles. The Morgan fingerprint density at radius 3 is 2.52 bits per heavy atom. The highest BCUT2D eigenvalue weighted by atomic mass is 35.5. The van der Waals surface area contributed by atoms with Crippen LogP contribution in [0.5, 0.6) is 5.75 Å². The number of methoxy groups -OCH3 is 1. The Morgan fingerprint density at radius 1 is 1.06 bits per heavy atom. The molecule has 31 heavy (non-hydrogen) atoms. The fourth-order valence-corrected chi connectivity index (χ4v) is 3.79. The van der Waals surface area contributed by atoms with E-state index in [0.717, 1.165) is 16.7 Å². The molecule has 0 spiro atoms. The van der Waals surface area contributed by atoms with Gasteiger partial charge in [-0.1, -0.05) is 35.4 Å². The van der Waals surface area contributed by atoms with Crippen molar-refractivity contribution in [2.75, 3.05) is 32.2 Å². The Morgan fingerprint density at radius 2 is 1.84 bits per heavy atom. The van der Waals surface area contributed by atoms with E-state index in [1.54, 1.807) is 18.2 Å². The zero-order chi connectivity index (χ0) is 22.5. The molecule has 1 heterocycles. The second-order valence-corrected chi connectivity index (χ2v) is 7.79. The van der Waals surface area contributed by atoms with Gasteiger partial charge in [0.25, 0.3) is 11.8 Å². The summed E-state index contributed by atoms with van der Waals surface area (Å²) >= 11 is 6.16. The van der Waals surface area contributed by atoms with E-state index in [9.17, 15) is 9.59 Å². The molecule has 0 saturated heterocycles. The number of anilines is 1. The van der Waals surface area contributed by atoms with Crippen LogP contribution in [0.3, 0.4) is 0 Å². The largest absolute Gasteiger partial charge is 0.495 e. The first-order chi connectivity index (χ1) is 14.9. The number of ether oxygens (including phenoxy) is 2. The summed E-state index contributed by atoms with van der Waals surface area (Å²) in [5.41, 5.74) is 3.81. The lowest BCUT2D eigenvalue weighted by Gasteiger charge is -2.16. The number of carbonyl (C=O) groups excluding carboxylic acids is 2. The van der Waals surface area contributed by atoms with Crippen molar-refractivity contribution in [3.63, 3.8) is 0 Å². The maximum Gasteiger partial charge on any atom is 0.278 e. The maximum absolute atomic E-state index is 13.3. The van der Waals surface area contributed by atoms with Crippen molar-refractivity contribution in [1.29, 1.82) is 0 Å². The molecule has 3 rings (SSSR count). The van der Waals surface area contributed by atoms with Crippen molar-refractivity contribution in [3.8, 4) is 5.75 Å². The first kappa shape index (κ1) is 22.8. The topological polar surface area (TPSA) is 67.9 Å². The minimum absolute atomic E-state index is 0.217. The number of nitrogens with one attached hydrogen (secondary N) is 1. The molecule has 2 aromatic rings. The number of carbonyl (C=O) groups is 2. The van der Waals surface area contributed by atoms with Crippen LogP contribution in [0.4, 0.5) is 5.69 Å². The zero-order valence-corrected chi connectivity index (χ0v) is 19.0. The van der Waals surface area contributed by atoms with Gasteiger partial charge < -0.3 is 14.8 Å². The minimum Gasteiger partial charge on any atom is -0.495 e. The molecule has 0 aliphatic carbocycles. The van der Waals surface area contributed by atoms with Crippen LogP contribution in [0.25, 0.3) is 5.57 Å². The van der Waals surface area contributed by atoms with Crippen LogP contribution in [-0.4, -0.2) is 43.6 Å². The van der Waals surface area contributed by atoms with Crippen molar-refractivity contribution in [2.45, 2.75) is 27.2 Å². The third kappa shape index (κ3) is 4.92. The summed E-state index contributed by atoms with van der Waals surface area (Å²) in [6, 6.07) is 10.9. The van der Waals surface area contributed by atoms with E-state index in [0.29, 0.717) is 41.7 Å². The predicted molar refractivity (Wildman–Crippen MR) is 122 cm³/mol. The molecule has 1 N–H and O–H groups in total. The molecule has 6 nitrogen and oxygen atoms in total. The Bertz CT molecular complexity index is 1030. The molecule has 2 amide bonds. The van der Waals surface area contributed by atoms with Crippen LogP contribution in [0, 0.1) is 13.8 Å². The van der Waals surface area contributed by atoms with Crippen molar-refractivity contribution < 1.29 is 19.1 Å². The second-order valence-electron chi connectivity index (χ2n) is 7.35. The Labute approximate surface area is 187 Å². The van der Waals surface area contributed by atoms with E-state index in [1.165, 1.54) is 12.0 Å². The van der Waals surface area contributed by atoms with E-state index in [2.05, 4.69) is 5.32 Å². The number of aryl methyl sites for hydroxylation is 2. The fourth-order valence-electron chi connectivity index (χ4n) is 3.62. The van der Waals surface area contributed by atoms with Crippen molar-refractivity contribution in [2.24, 2.45) is 0 Å². The number of rotatable bonds is 9. The lowest BCUT2D eigenvalue weighted by Crippen LogP contribution is -2.34. The van der Waals surface area contributed by atoms with Gasteiger partial charge in [-0.05, 0) is 56.5 Å². The second kappa shape index (κ2) is 9.98. The molecule has 7 heteroatoms. The number of nitrogens with zero attached hydrogens (tertiary/aromatic N) is 1. The van der Waals surface area contributed by atoms with Gasteiger partial charge in [0, 0.05) is 24.8 Å². The summed E-state index contributed by atoms with van der Waals surface area (Å²) in [4.78, 5) is 27.9. The van der Waals surface area contributed by atoms with E-state index < -0.39 is 0 Å². The highest BCUT2D eigenvalue weighted by molar-refractivity contribution is 6.37. The van der Waals surface area contributed by atoms with Crippen molar-refractivity contribution >= 4 is 34.7 Å². The van der Waals surface area contributed by atoms with Crippen molar-refractivity contribution in [1.82, 2.24) is 4.90 Å². The lowest BCUT2D eigenvalue weighted by molar-refractivity contribution is -0.137. The number of benzene rings is 2. The van der Waals surface area contributed by atoms with E-state index in [-0.39, 0.29) is 24.1 Å². The number of halogens is 1. The SMILES string of the molecule is CCOCCCN1C(=O)C(Nc2cc(Cl)ccc2OC)=C(c2ccc(C)cc2C)C1=O. The highest BCUT2D eigenvalue weighted by Gasteiger charge is 2.39. The standard InChI is InChI=1S/C24H27ClN2O4/c1-5-31-12-6-11-27-23(28)21(18-9-7-15(2)13-16(18)3)22(24(27)29)26-19-14-17(25)8-10-20(19)30-4/h7-10,13-14,26H,5-6,11-12H2,1-4H3. The molecule has 0 aromatic heterocycles. The van der Waals surface area contributed by atoms with E-state index in [1.807, 2.05) is 39.0 Å². The first-order valence-corrected chi connectivity index (χ1v) is 10.6. The Balaban J connectivity index is 2.04. The molecular formula is C24H27ClN2O4. The van der Waals surface area contributed by atoms with Crippen LogP contribution >= 0.6 is 11.6 Å². The fraction of sp³-hybridized carbons (Fsp3) is 0.333. The Kier molecular flexibility index (Phi) is 7.36. The molecule has 0 bridgehead atoms. The van der Waals surface area contributed by atoms with Gasteiger partial charge in [0.2, 0.25) is 0 Å². The molecule has 0 unspecified atom stereocenters. The molecule has 0 atom stereocenters. The van der Waals surface area contributed by atoms with Gasteiger partial charge in [-0.25, -0.2) is 0 Å². The predicted octanol–water partition coefficient (Wildman–Crippen LogP) is 4.58. The summed E-state index contributed by atoms with van der Waals surface area (Å²) in [6.45, 7) is 7.19. The number of amides is 2. The first-order valence-electron chi connectivity index (χ1n) is 10.2. The summed E-state index contributed by atoms with van der Waals surface area (Å²) in [7, 11) is 1.54. The molecule has 0 fully saturated rings. The normalized spacial score (nSPS) is 13.9. The van der Waals surface area contributed by atoms with Crippen LogP contribution in [0.15, 0.2) is 42.1 Å². The molecule has 2 aromatic carbocycles. The molecular weight excluding hydrogens is 416 g/mol. The summed E-state index contributed by atoms with van der Waals surface area (Å²) in [5, 5.41) is 3.62. The third-order valence-electron chi connectivity index (χ3n) is 5.11. The van der Waals surface area contributed by atoms with Crippen LogP contribution in [0.1, 0.15) is 30.0 Å². The van der Waals surface area contributed by atoms with Crippen LogP contribution in [0.2, 0.25) is 5.02 Å². The van der Waals surface area contributed by atoms with Crippen LogP contribution < -0.4 is 10.1 Å². The highest BCUT2D eigenvalue weighted by Crippen LogP contribution is 2.35. The monoisotopic (exact) mass is 442 g/mol. The van der Waals surface area contributed by atoms with E-state index in [4.69, 9.17) is 21.1 Å². The average Bonchev–Trinajstić information content (AvgIpc) is 2.95. The summed E-state index contributed by atoms with van der Waals surface area (Å²) in [6.07, 6.45) is 0.569. The minimum atomic E-state index is -0.376. The van der Waals surface area contributed by atoms with Crippen LogP contribution in [-0.2, 0) is 14.3 Å². The number of hydrogen-bond acceptors (Lipinski definition) is 5. The summed E-state index contributed by atoms with van der Waals surface area (Å²) < 4.78 is 10.8. The van der Waals surface area contributed by atoms with Gasteiger partial charge in [-0.2, -0.15) is 0 Å². The molecule has 0 radical (unpaired) electrons. The third-order valence-corrected chi connectivity index (χ3v) is 5.35. The molecule has 164 valence electrons. The lowest BCUT2D eigenvalue weighted by atomic mass is 9.97. The average molecular weight is 443 g/mol. The zero-order valence-electron chi connectivity index (χ0n) is 18.3. The maximum atomic E-state index is 13.3. The van der Waals surface area contributed by atoms with Crippen molar-refractivity contribution in [3.05, 3.63) is 63.8 Å². The smallest absolute Gasteiger partial charge is 0.278 e. The number of hydrogen-bond donors (Lipinski definition) is 1. The van der Waals surface area contributed by atoms with E-state index >= 15 is 0 Å². The van der Waals surface area contributed by atoms with Gasteiger partial charge >= 0.3 is 0 Å². The Hall–Kier alpha value is -2.83. The van der Waals surface area contributed by atoms with Gasteiger partial charge in [0.05, 0.1) is 18.4 Å². The quantitative estimate of drug-likeness (QED) is 0.454. The number of imide groups is 1. The van der Waals surface area contributed by atoms with Gasteiger partial charge in [-0.15, -0.1) is 0 Å². The van der Waals surface area contributed by atoms with Gasteiger partial charge in [-0.3, -0.25) is 14.5 Å². The van der Waals surface area contributed by atoms with Gasteiger partial charge in [0.1, 0.15) is 11.4 Å². The summed E-state index contributed by atoms with van der Waals surface area (Å²) in [5.74, 6) is -0.178. The molecule has 0 saturated carbocycles. The molecule has 1 aliphatic rings. The van der Waals surface area contributed by atoms with Gasteiger partial charge in [0.15, 0.2) is 0 Å².